The number of thiazole rings is 1. The Kier molecular flexibility index (Phi) is 3.98. The summed E-state index contributed by atoms with van der Waals surface area (Å²) in [6.07, 6.45) is 4.75. The first-order valence-electron chi connectivity index (χ1n) is 7.73. The zero-order valence-corrected chi connectivity index (χ0v) is 13.9. The van der Waals surface area contributed by atoms with Crippen LogP contribution in [0.25, 0.3) is 10.6 Å². The number of morpholine rings is 1. The predicted molar refractivity (Wildman–Crippen MR) is 88.5 cm³/mol. The molecule has 1 saturated carbocycles. The molecule has 2 aliphatic rings. The summed E-state index contributed by atoms with van der Waals surface area (Å²) in [5.74, 6) is 0.0675. The quantitative estimate of drug-likeness (QED) is 0.842. The van der Waals surface area contributed by atoms with Gasteiger partial charge in [0.15, 0.2) is 0 Å². The minimum absolute atomic E-state index is 0.0675. The molecule has 4 nitrogen and oxygen atoms in total. The van der Waals surface area contributed by atoms with Crippen LogP contribution in [0.1, 0.15) is 36.2 Å². The highest BCUT2D eigenvalue weighted by Gasteiger charge is 2.37. The van der Waals surface area contributed by atoms with Gasteiger partial charge in [-0.2, -0.15) is 11.3 Å². The molecule has 1 amide bonds. The average Bonchev–Trinajstić information content (AvgIpc) is 3.24. The summed E-state index contributed by atoms with van der Waals surface area (Å²) in [7, 11) is 0. The minimum atomic E-state index is 0.0675. The van der Waals surface area contributed by atoms with Gasteiger partial charge in [-0.3, -0.25) is 4.79 Å². The Balaban J connectivity index is 1.56. The molecule has 1 saturated heterocycles. The number of nitrogens with zero attached hydrogens (tertiary/aromatic N) is 2. The van der Waals surface area contributed by atoms with Gasteiger partial charge in [0.2, 0.25) is 0 Å². The molecule has 2 aromatic rings. The lowest BCUT2D eigenvalue weighted by Gasteiger charge is -2.43. The van der Waals surface area contributed by atoms with Crippen molar-refractivity contribution in [1.29, 1.82) is 0 Å². The van der Waals surface area contributed by atoms with Crippen LogP contribution in [0, 0.1) is 0 Å². The van der Waals surface area contributed by atoms with E-state index >= 15 is 0 Å². The van der Waals surface area contributed by atoms with Gasteiger partial charge in [0.1, 0.15) is 10.7 Å². The number of thiophene rings is 1. The largest absolute Gasteiger partial charge is 0.374 e. The van der Waals surface area contributed by atoms with Gasteiger partial charge >= 0.3 is 0 Å². The van der Waals surface area contributed by atoms with E-state index in [0.29, 0.717) is 18.8 Å². The molecule has 0 aromatic carbocycles. The van der Waals surface area contributed by atoms with Gasteiger partial charge in [-0.25, -0.2) is 4.98 Å². The number of aromatic nitrogens is 1. The van der Waals surface area contributed by atoms with Crippen LogP contribution in [0.5, 0.6) is 0 Å². The minimum Gasteiger partial charge on any atom is -0.374 e. The maximum Gasteiger partial charge on any atom is 0.273 e. The average molecular weight is 334 g/mol. The molecule has 116 valence electrons. The molecule has 2 atom stereocenters. The van der Waals surface area contributed by atoms with Gasteiger partial charge in [-0.1, -0.05) is 12.8 Å². The van der Waals surface area contributed by atoms with Gasteiger partial charge in [-0.15, -0.1) is 11.3 Å². The lowest BCUT2D eigenvalue weighted by molar-refractivity contribution is -0.0754. The maximum absolute atomic E-state index is 12.9. The van der Waals surface area contributed by atoms with Crippen LogP contribution in [0.4, 0.5) is 0 Å². The fourth-order valence-electron chi connectivity index (χ4n) is 3.39. The van der Waals surface area contributed by atoms with Crippen molar-refractivity contribution in [2.24, 2.45) is 0 Å². The fraction of sp³-hybridized carbons (Fsp3) is 0.500. The number of carbonyl (C=O) groups is 1. The Morgan fingerprint density at radius 3 is 3.09 bits per heavy atom. The molecule has 0 unspecified atom stereocenters. The van der Waals surface area contributed by atoms with Crippen molar-refractivity contribution in [2.75, 3.05) is 13.2 Å². The molecule has 2 fully saturated rings. The van der Waals surface area contributed by atoms with E-state index in [1.807, 2.05) is 21.7 Å². The van der Waals surface area contributed by atoms with Crippen LogP contribution < -0.4 is 0 Å². The first kappa shape index (κ1) is 14.4. The van der Waals surface area contributed by atoms with Crippen molar-refractivity contribution in [3.63, 3.8) is 0 Å². The Morgan fingerprint density at radius 2 is 2.23 bits per heavy atom. The van der Waals surface area contributed by atoms with Gasteiger partial charge < -0.3 is 9.64 Å². The summed E-state index contributed by atoms with van der Waals surface area (Å²) in [4.78, 5) is 19.4. The fourth-order valence-corrected chi connectivity index (χ4v) is 4.89. The molecular weight excluding hydrogens is 316 g/mol. The van der Waals surface area contributed by atoms with E-state index in [1.165, 1.54) is 12.8 Å². The third-order valence-electron chi connectivity index (χ3n) is 4.48. The lowest BCUT2D eigenvalue weighted by atomic mass is 9.90. The number of carbonyl (C=O) groups excluding carboxylic acids is 1. The second kappa shape index (κ2) is 6.10. The molecular formula is C16H18N2O2S2. The summed E-state index contributed by atoms with van der Waals surface area (Å²) in [6.45, 7) is 1.33. The first-order chi connectivity index (χ1) is 10.8. The molecule has 0 bridgehead atoms. The van der Waals surface area contributed by atoms with Crippen molar-refractivity contribution in [2.45, 2.75) is 37.8 Å². The predicted octanol–water partition coefficient (Wildman–Crippen LogP) is 3.66. The number of rotatable bonds is 2. The Labute approximate surface area is 137 Å². The van der Waals surface area contributed by atoms with Crippen molar-refractivity contribution >= 4 is 28.6 Å². The van der Waals surface area contributed by atoms with Crippen LogP contribution in [-0.4, -0.2) is 41.1 Å². The number of amides is 1. The molecule has 0 radical (unpaired) electrons. The van der Waals surface area contributed by atoms with E-state index in [4.69, 9.17) is 4.74 Å². The van der Waals surface area contributed by atoms with Gasteiger partial charge in [0, 0.05) is 22.9 Å². The highest BCUT2D eigenvalue weighted by molar-refractivity contribution is 7.14. The molecule has 3 heterocycles. The topological polar surface area (TPSA) is 42.4 Å². The number of hydrogen-bond acceptors (Lipinski definition) is 5. The van der Waals surface area contributed by atoms with E-state index in [-0.39, 0.29) is 18.1 Å². The Morgan fingerprint density at radius 1 is 1.32 bits per heavy atom. The van der Waals surface area contributed by atoms with E-state index in [2.05, 4.69) is 10.4 Å². The monoisotopic (exact) mass is 334 g/mol. The molecule has 1 aliphatic carbocycles. The third kappa shape index (κ3) is 2.59. The number of fused-ring (bicyclic) bond motifs is 1. The molecule has 0 spiro atoms. The van der Waals surface area contributed by atoms with Crippen LogP contribution in [-0.2, 0) is 4.74 Å². The molecule has 6 heteroatoms. The second-order valence-electron chi connectivity index (χ2n) is 5.81. The Hall–Kier alpha value is -1.24. The van der Waals surface area contributed by atoms with E-state index in [1.54, 1.807) is 22.7 Å². The van der Waals surface area contributed by atoms with Crippen LogP contribution in [0.15, 0.2) is 22.2 Å². The first-order valence-corrected chi connectivity index (χ1v) is 9.56. The zero-order valence-electron chi connectivity index (χ0n) is 12.2. The van der Waals surface area contributed by atoms with Crippen molar-refractivity contribution < 1.29 is 9.53 Å². The van der Waals surface area contributed by atoms with Crippen LogP contribution >= 0.6 is 22.7 Å². The van der Waals surface area contributed by atoms with Gasteiger partial charge in [-0.05, 0) is 24.3 Å². The number of hydrogen-bond donors (Lipinski definition) is 0. The van der Waals surface area contributed by atoms with Crippen LogP contribution in [0.3, 0.4) is 0 Å². The highest BCUT2D eigenvalue weighted by Crippen LogP contribution is 2.31. The van der Waals surface area contributed by atoms with E-state index < -0.39 is 0 Å². The normalized spacial score (nSPS) is 25.0. The smallest absolute Gasteiger partial charge is 0.273 e. The summed E-state index contributed by atoms with van der Waals surface area (Å²) in [5, 5.41) is 6.92. The number of ether oxygens (including phenoxy) is 1. The van der Waals surface area contributed by atoms with Crippen molar-refractivity contribution in [3.8, 4) is 10.6 Å². The SMILES string of the molecule is O=C(c1csc(-c2ccsc2)n1)N1CCO[C@H]2CCCC[C@H]21. The molecule has 4 rings (SSSR count). The lowest BCUT2D eigenvalue weighted by Crippen LogP contribution is -2.54. The third-order valence-corrected chi connectivity index (χ3v) is 6.06. The Bertz CT molecular complexity index is 651. The van der Waals surface area contributed by atoms with Gasteiger partial charge in [0.05, 0.1) is 18.8 Å². The van der Waals surface area contributed by atoms with Crippen molar-refractivity contribution in [3.05, 3.63) is 27.9 Å². The molecule has 0 N–H and O–H groups in total. The maximum atomic E-state index is 12.9. The van der Waals surface area contributed by atoms with Gasteiger partial charge in [0.25, 0.3) is 5.91 Å². The molecule has 2 aromatic heterocycles. The summed E-state index contributed by atoms with van der Waals surface area (Å²) >= 11 is 3.20. The molecule has 22 heavy (non-hydrogen) atoms. The summed E-state index contributed by atoms with van der Waals surface area (Å²) < 4.78 is 5.85. The van der Waals surface area contributed by atoms with Crippen molar-refractivity contribution in [1.82, 2.24) is 9.88 Å². The van der Waals surface area contributed by atoms with Crippen LogP contribution in [0.2, 0.25) is 0 Å². The summed E-state index contributed by atoms with van der Waals surface area (Å²) in [5.41, 5.74) is 1.68. The van der Waals surface area contributed by atoms with E-state index in [9.17, 15) is 4.79 Å². The highest BCUT2D eigenvalue weighted by atomic mass is 32.1. The second-order valence-corrected chi connectivity index (χ2v) is 7.45. The standard InChI is InChI=1S/C16H18N2O2S2/c19-16(12-10-22-15(17-12)11-5-8-21-9-11)18-6-7-20-14-4-2-1-3-13(14)18/h5,8-10,13-14H,1-4,6-7H2/t13-,14+/m1/s1. The zero-order chi connectivity index (χ0) is 14.9. The molecule has 1 aliphatic heterocycles. The van der Waals surface area contributed by atoms with E-state index in [0.717, 1.165) is 23.4 Å². The summed E-state index contributed by atoms with van der Waals surface area (Å²) in [6, 6.07) is 2.28.